The Morgan fingerprint density at radius 1 is 1.36 bits per heavy atom. The number of anilines is 1. The Morgan fingerprint density at radius 2 is 2.24 bits per heavy atom. The van der Waals surface area contributed by atoms with E-state index >= 15 is 0 Å². The Bertz CT molecular complexity index is 768. The van der Waals surface area contributed by atoms with Gasteiger partial charge in [-0.05, 0) is 31.2 Å². The summed E-state index contributed by atoms with van der Waals surface area (Å²) in [5.74, 6) is 0.911. The molecule has 3 heterocycles. The number of amides is 1. The van der Waals surface area contributed by atoms with Crippen molar-refractivity contribution < 1.29 is 4.79 Å². The van der Waals surface area contributed by atoms with Crippen molar-refractivity contribution in [3.05, 3.63) is 36.2 Å². The molecule has 0 N–H and O–H groups in total. The fourth-order valence-electron chi connectivity index (χ4n) is 4.13. The number of aryl methyl sites for hydroxylation is 1. The van der Waals surface area contributed by atoms with Crippen LogP contribution in [0.25, 0.3) is 0 Å². The molecule has 2 aliphatic rings. The number of piperidine rings is 1. The first-order chi connectivity index (χ1) is 12.1. The lowest BCUT2D eigenvalue weighted by molar-refractivity contribution is -0.134. The minimum Gasteiger partial charge on any atom is -0.347 e. The molecule has 7 heteroatoms. The van der Waals surface area contributed by atoms with Crippen LogP contribution in [0, 0.1) is 0 Å². The van der Waals surface area contributed by atoms with Gasteiger partial charge in [-0.25, -0.2) is 15.0 Å². The van der Waals surface area contributed by atoms with Gasteiger partial charge in [0, 0.05) is 51.2 Å². The Morgan fingerprint density at radius 3 is 3.00 bits per heavy atom. The van der Waals surface area contributed by atoms with Crippen molar-refractivity contribution in [2.75, 3.05) is 32.1 Å². The highest BCUT2D eigenvalue weighted by molar-refractivity contribution is 5.76. The number of carbonyl (C=O) groups excluding carboxylic acids is 1. The van der Waals surface area contributed by atoms with Gasteiger partial charge < -0.3 is 14.4 Å². The third-order valence-corrected chi connectivity index (χ3v) is 5.43. The van der Waals surface area contributed by atoms with E-state index < -0.39 is 0 Å². The largest absolute Gasteiger partial charge is 0.347 e. The van der Waals surface area contributed by atoms with E-state index in [9.17, 15) is 4.79 Å². The van der Waals surface area contributed by atoms with Gasteiger partial charge in [-0.1, -0.05) is 0 Å². The maximum Gasteiger partial charge on any atom is 0.242 e. The average molecular weight is 340 g/mol. The molecule has 25 heavy (non-hydrogen) atoms. The predicted molar refractivity (Wildman–Crippen MR) is 94.4 cm³/mol. The Kier molecular flexibility index (Phi) is 3.94. The van der Waals surface area contributed by atoms with Gasteiger partial charge in [0.1, 0.15) is 6.54 Å². The summed E-state index contributed by atoms with van der Waals surface area (Å²) in [5, 5.41) is 0. The summed E-state index contributed by atoms with van der Waals surface area (Å²) in [5.41, 5.74) is 2.40. The SMILES string of the molecule is CN(C)c1ncc2c(n1)C1(CCCN(C(=O)Cn3ccnc3)C1)CC2. The average Bonchev–Trinajstić information content (AvgIpc) is 3.24. The highest BCUT2D eigenvalue weighted by Gasteiger charge is 2.44. The zero-order chi connectivity index (χ0) is 17.4. The Balaban J connectivity index is 1.57. The second kappa shape index (κ2) is 6.13. The first-order valence-corrected chi connectivity index (χ1v) is 8.85. The monoisotopic (exact) mass is 340 g/mol. The molecule has 4 rings (SSSR count). The number of carbonyl (C=O) groups is 1. The summed E-state index contributed by atoms with van der Waals surface area (Å²) in [7, 11) is 3.93. The highest BCUT2D eigenvalue weighted by Crippen LogP contribution is 2.44. The van der Waals surface area contributed by atoms with Crippen molar-refractivity contribution >= 4 is 11.9 Å². The maximum absolute atomic E-state index is 12.7. The van der Waals surface area contributed by atoms with Gasteiger partial charge >= 0.3 is 0 Å². The van der Waals surface area contributed by atoms with Crippen LogP contribution in [0.15, 0.2) is 24.9 Å². The zero-order valence-electron chi connectivity index (χ0n) is 14.9. The molecular weight excluding hydrogens is 316 g/mol. The van der Waals surface area contributed by atoms with Crippen molar-refractivity contribution in [1.29, 1.82) is 0 Å². The third kappa shape index (κ3) is 2.88. The number of fused-ring (bicyclic) bond motifs is 2. The fraction of sp³-hybridized carbons (Fsp3) is 0.556. The summed E-state index contributed by atoms with van der Waals surface area (Å²) in [4.78, 5) is 30.0. The lowest BCUT2D eigenvalue weighted by atomic mass is 9.77. The van der Waals surface area contributed by atoms with E-state index in [1.54, 1.807) is 12.5 Å². The van der Waals surface area contributed by atoms with Crippen LogP contribution in [-0.4, -0.2) is 57.5 Å². The maximum atomic E-state index is 12.7. The summed E-state index contributed by atoms with van der Waals surface area (Å²) in [6.45, 7) is 1.95. The number of aromatic nitrogens is 4. The molecule has 1 amide bonds. The number of rotatable bonds is 3. The van der Waals surface area contributed by atoms with E-state index in [0.717, 1.165) is 50.4 Å². The smallest absolute Gasteiger partial charge is 0.242 e. The van der Waals surface area contributed by atoms with Gasteiger partial charge in [0.2, 0.25) is 11.9 Å². The molecule has 7 nitrogen and oxygen atoms in total. The Hall–Kier alpha value is -2.44. The van der Waals surface area contributed by atoms with Gasteiger partial charge in [0.25, 0.3) is 0 Å². The van der Waals surface area contributed by atoms with Gasteiger partial charge in [0.05, 0.1) is 12.0 Å². The van der Waals surface area contributed by atoms with E-state index in [1.807, 2.05) is 40.9 Å². The lowest BCUT2D eigenvalue weighted by Crippen LogP contribution is -2.48. The van der Waals surface area contributed by atoms with Crippen LogP contribution in [0.5, 0.6) is 0 Å². The van der Waals surface area contributed by atoms with E-state index in [1.165, 1.54) is 5.56 Å². The van der Waals surface area contributed by atoms with Gasteiger partial charge in [-0.3, -0.25) is 4.79 Å². The number of hydrogen-bond donors (Lipinski definition) is 0. The molecule has 2 aromatic heterocycles. The van der Waals surface area contributed by atoms with Crippen LogP contribution in [-0.2, 0) is 23.2 Å². The molecule has 1 atom stereocenters. The van der Waals surface area contributed by atoms with Gasteiger partial charge in [0.15, 0.2) is 0 Å². The van der Waals surface area contributed by atoms with Crippen LogP contribution >= 0.6 is 0 Å². The van der Waals surface area contributed by atoms with Crippen LogP contribution < -0.4 is 4.90 Å². The fourth-order valence-corrected chi connectivity index (χ4v) is 4.13. The minimum absolute atomic E-state index is 0.00805. The molecular formula is C18H24N6O. The van der Waals surface area contributed by atoms with Crippen LogP contribution in [0.1, 0.15) is 30.5 Å². The minimum atomic E-state index is -0.00805. The first kappa shape index (κ1) is 16.1. The third-order valence-electron chi connectivity index (χ3n) is 5.43. The topological polar surface area (TPSA) is 67.2 Å². The highest BCUT2D eigenvalue weighted by atomic mass is 16.2. The number of likely N-dealkylation sites (tertiary alicyclic amines) is 1. The second-order valence-electron chi connectivity index (χ2n) is 7.37. The molecule has 0 saturated carbocycles. The molecule has 0 bridgehead atoms. The molecule has 1 spiro atoms. The van der Waals surface area contributed by atoms with Gasteiger partial charge in [-0.15, -0.1) is 0 Å². The molecule has 0 radical (unpaired) electrons. The summed E-state index contributed by atoms with van der Waals surface area (Å²) in [6, 6.07) is 0. The molecule has 0 aromatic carbocycles. The molecule has 1 fully saturated rings. The molecule has 132 valence electrons. The summed E-state index contributed by atoms with van der Waals surface area (Å²) in [6.07, 6.45) is 11.4. The van der Waals surface area contributed by atoms with E-state index in [0.29, 0.717) is 6.54 Å². The number of imidazole rings is 1. The zero-order valence-corrected chi connectivity index (χ0v) is 14.9. The quantitative estimate of drug-likeness (QED) is 0.841. The van der Waals surface area contributed by atoms with Crippen LogP contribution in [0.4, 0.5) is 5.95 Å². The molecule has 1 aliphatic carbocycles. The van der Waals surface area contributed by atoms with Crippen molar-refractivity contribution in [3.8, 4) is 0 Å². The van der Waals surface area contributed by atoms with Crippen LogP contribution in [0.3, 0.4) is 0 Å². The van der Waals surface area contributed by atoms with Crippen molar-refractivity contribution in [1.82, 2.24) is 24.4 Å². The second-order valence-corrected chi connectivity index (χ2v) is 7.37. The Labute approximate surface area is 147 Å². The first-order valence-electron chi connectivity index (χ1n) is 8.85. The number of nitrogens with zero attached hydrogens (tertiary/aromatic N) is 6. The lowest BCUT2D eigenvalue weighted by Gasteiger charge is -2.40. The van der Waals surface area contributed by atoms with Gasteiger partial charge in [-0.2, -0.15) is 0 Å². The van der Waals surface area contributed by atoms with Crippen molar-refractivity contribution in [2.24, 2.45) is 0 Å². The van der Waals surface area contributed by atoms with Crippen molar-refractivity contribution in [3.63, 3.8) is 0 Å². The van der Waals surface area contributed by atoms with E-state index in [-0.39, 0.29) is 11.3 Å². The molecule has 1 saturated heterocycles. The standard InChI is InChI=1S/C18H24N6O/c1-22(2)17-20-10-14-4-6-18(16(14)21-17)5-3-8-24(12-18)15(25)11-23-9-7-19-13-23/h7,9-10,13H,3-6,8,11-12H2,1-2H3. The summed E-state index contributed by atoms with van der Waals surface area (Å²) >= 11 is 0. The number of hydrogen-bond acceptors (Lipinski definition) is 5. The predicted octanol–water partition coefficient (Wildman–Crippen LogP) is 1.25. The summed E-state index contributed by atoms with van der Waals surface area (Å²) < 4.78 is 1.83. The van der Waals surface area contributed by atoms with E-state index in [4.69, 9.17) is 4.98 Å². The molecule has 1 unspecified atom stereocenters. The molecule has 1 aliphatic heterocycles. The van der Waals surface area contributed by atoms with E-state index in [2.05, 4.69) is 9.97 Å². The molecule has 2 aromatic rings. The van der Waals surface area contributed by atoms with Crippen LogP contribution in [0.2, 0.25) is 0 Å². The van der Waals surface area contributed by atoms with Crippen molar-refractivity contribution in [2.45, 2.75) is 37.6 Å². The normalized spacial score (nSPS) is 22.2.